The van der Waals surface area contributed by atoms with Gasteiger partial charge < -0.3 is 14.8 Å². The van der Waals surface area contributed by atoms with Gasteiger partial charge in [-0.05, 0) is 37.8 Å². The third-order valence-electron chi connectivity index (χ3n) is 4.70. The summed E-state index contributed by atoms with van der Waals surface area (Å²) in [7, 11) is 1.57. The van der Waals surface area contributed by atoms with Crippen molar-refractivity contribution < 1.29 is 19.1 Å². The molecule has 1 atom stereocenters. The lowest BCUT2D eigenvalue weighted by Crippen LogP contribution is -2.43. The maximum absolute atomic E-state index is 12.7. The first-order valence-corrected chi connectivity index (χ1v) is 7.80. The van der Waals surface area contributed by atoms with Crippen LogP contribution in [0, 0.1) is 5.92 Å². The highest BCUT2D eigenvalue weighted by Crippen LogP contribution is 2.44. The molecule has 0 bridgehead atoms. The lowest BCUT2D eigenvalue weighted by Gasteiger charge is -2.36. The zero-order chi connectivity index (χ0) is 15.6. The van der Waals surface area contributed by atoms with E-state index >= 15 is 0 Å². The summed E-state index contributed by atoms with van der Waals surface area (Å²) >= 11 is 0. The molecule has 1 aliphatic heterocycles. The number of rotatable bonds is 3. The number of nitrogens with one attached hydrogen (secondary N) is 1. The number of hydrogen-bond donors (Lipinski definition) is 1. The average Bonchev–Trinajstić information content (AvgIpc) is 2.84. The minimum Gasteiger partial charge on any atom is -0.495 e. The van der Waals surface area contributed by atoms with E-state index in [1.807, 2.05) is 12.1 Å². The molecule has 22 heavy (non-hydrogen) atoms. The Hall–Kier alpha value is -2.04. The topological polar surface area (TPSA) is 64.6 Å². The predicted molar refractivity (Wildman–Crippen MR) is 81.6 cm³/mol. The average molecular weight is 303 g/mol. The summed E-state index contributed by atoms with van der Waals surface area (Å²) in [6.07, 6.45) is 4.88. The molecule has 1 spiro atoms. The number of anilines is 1. The predicted octanol–water partition coefficient (Wildman–Crippen LogP) is 2.90. The number of methoxy groups -OCH3 is 1. The van der Waals surface area contributed by atoms with E-state index in [9.17, 15) is 9.59 Å². The Kier molecular flexibility index (Phi) is 4.05. The second kappa shape index (κ2) is 5.99. The Labute approximate surface area is 130 Å². The normalized spacial score (nSPS) is 23.1. The largest absolute Gasteiger partial charge is 0.495 e. The maximum atomic E-state index is 12.7. The Morgan fingerprint density at radius 2 is 2.00 bits per heavy atom. The summed E-state index contributed by atoms with van der Waals surface area (Å²) in [6, 6.07) is 7.27. The molecule has 2 aliphatic rings. The van der Waals surface area contributed by atoms with Crippen molar-refractivity contribution in [1.29, 1.82) is 0 Å². The van der Waals surface area contributed by atoms with E-state index in [4.69, 9.17) is 9.47 Å². The molecule has 1 amide bonds. The summed E-state index contributed by atoms with van der Waals surface area (Å²) < 4.78 is 10.8. The number of esters is 1. The first-order valence-electron chi connectivity index (χ1n) is 7.80. The van der Waals surface area contributed by atoms with Crippen LogP contribution in [0.1, 0.15) is 38.5 Å². The van der Waals surface area contributed by atoms with Crippen LogP contribution in [-0.4, -0.2) is 24.6 Å². The van der Waals surface area contributed by atoms with Crippen LogP contribution in [0.5, 0.6) is 5.75 Å². The minimum atomic E-state index is -0.596. The summed E-state index contributed by atoms with van der Waals surface area (Å²) in [5, 5.41) is 2.90. The highest BCUT2D eigenvalue weighted by molar-refractivity contribution is 5.98. The van der Waals surface area contributed by atoms with Gasteiger partial charge in [-0.25, -0.2) is 0 Å². The highest BCUT2D eigenvalue weighted by atomic mass is 16.6. The number of hydrogen-bond acceptors (Lipinski definition) is 4. The van der Waals surface area contributed by atoms with Crippen molar-refractivity contribution in [2.24, 2.45) is 5.92 Å². The molecule has 1 saturated carbocycles. The van der Waals surface area contributed by atoms with E-state index in [0.717, 1.165) is 32.1 Å². The molecule has 3 rings (SSSR count). The van der Waals surface area contributed by atoms with Crippen LogP contribution in [0.15, 0.2) is 24.3 Å². The third-order valence-corrected chi connectivity index (χ3v) is 4.70. The second-order valence-corrected chi connectivity index (χ2v) is 6.05. The number of carbonyl (C=O) groups is 2. The third kappa shape index (κ3) is 2.67. The maximum Gasteiger partial charge on any atom is 0.307 e. The number of carbonyl (C=O) groups excluding carboxylic acids is 2. The molecule has 1 saturated heterocycles. The van der Waals surface area contributed by atoms with Gasteiger partial charge in [0.1, 0.15) is 11.4 Å². The van der Waals surface area contributed by atoms with Gasteiger partial charge in [0.05, 0.1) is 25.1 Å². The number of benzene rings is 1. The van der Waals surface area contributed by atoms with E-state index in [1.54, 1.807) is 19.2 Å². The molecule has 1 heterocycles. The van der Waals surface area contributed by atoms with Gasteiger partial charge in [0.15, 0.2) is 0 Å². The second-order valence-electron chi connectivity index (χ2n) is 6.05. The summed E-state index contributed by atoms with van der Waals surface area (Å²) in [6.45, 7) is 0. The van der Waals surface area contributed by atoms with Crippen molar-refractivity contribution in [2.75, 3.05) is 12.4 Å². The van der Waals surface area contributed by atoms with Gasteiger partial charge in [-0.3, -0.25) is 9.59 Å². The van der Waals surface area contributed by atoms with E-state index < -0.39 is 11.5 Å². The molecule has 118 valence electrons. The highest BCUT2D eigenvalue weighted by Gasteiger charge is 2.52. The van der Waals surface area contributed by atoms with E-state index in [0.29, 0.717) is 11.4 Å². The van der Waals surface area contributed by atoms with E-state index in [2.05, 4.69) is 5.32 Å². The Bertz CT molecular complexity index is 578. The Morgan fingerprint density at radius 3 is 2.73 bits per heavy atom. The number of para-hydroxylation sites is 2. The standard InChI is InChI=1S/C17H21NO4/c1-21-14-8-4-3-7-13(14)18-16(20)12-11-15(19)22-17(12)9-5-2-6-10-17/h3-4,7-8,12H,2,5-6,9-11H2,1H3,(H,18,20). The summed E-state index contributed by atoms with van der Waals surface area (Å²) in [5.41, 5.74) is 0.0295. The van der Waals surface area contributed by atoms with Crippen LogP contribution in [0.25, 0.3) is 0 Å². The van der Waals surface area contributed by atoms with Crippen molar-refractivity contribution >= 4 is 17.6 Å². The van der Waals surface area contributed by atoms with Crippen molar-refractivity contribution in [3.63, 3.8) is 0 Å². The molecule has 5 nitrogen and oxygen atoms in total. The quantitative estimate of drug-likeness (QED) is 0.872. The SMILES string of the molecule is COc1ccccc1NC(=O)C1CC(=O)OC12CCCCC2. The molecule has 5 heteroatoms. The van der Waals surface area contributed by atoms with Crippen LogP contribution in [0.4, 0.5) is 5.69 Å². The van der Waals surface area contributed by atoms with Crippen molar-refractivity contribution in [1.82, 2.24) is 0 Å². The molecule has 0 aromatic heterocycles. The minimum absolute atomic E-state index is 0.155. The molecule has 0 radical (unpaired) electrons. The molecular formula is C17H21NO4. The summed E-state index contributed by atoms with van der Waals surface area (Å²) in [5.74, 6) is -0.219. The van der Waals surface area contributed by atoms with Gasteiger partial charge in [0.25, 0.3) is 0 Å². The first-order chi connectivity index (χ1) is 10.6. The number of amides is 1. The van der Waals surface area contributed by atoms with Gasteiger partial charge in [-0.15, -0.1) is 0 Å². The summed E-state index contributed by atoms with van der Waals surface area (Å²) in [4.78, 5) is 24.5. The van der Waals surface area contributed by atoms with Crippen LogP contribution in [0.2, 0.25) is 0 Å². The molecule has 1 N–H and O–H groups in total. The zero-order valence-corrected chi connectivity index (χ0v) is 12.8. The Balaban J connectivity index is 1.80. The first kappa shape index (κ1) is 14.9. The van der Waals surface area contributed by atoms with Crippen LogP contribution < -0.4 is 10.1 Å². The molecule has 2 fully saturated rings. The van der Waals surface area contributed by atoms with Crippen LogP contribution >= 0.6 is 0 Å². The van der Waals surface area contributed by atoms with Gasteiger partial charge in [0.2, 0.25) is 5.91 Å². The van der Waals surface area contributed by atoms with Crippen molar-refractivity contribution in [3.8, 4) is 5.75 Å². The van der Waals surface area contributed by atoms with E-state index in [-0.39, 0.29) is 18.3 Å². The van der Waals surface area contributed by atoms with E-state index in [1.165, 1.54) is 0 Å². The van der Waals surface area contributed by atoms with Crippen molar-refractivity contribution in [2.45, 2.75) is 44.1 Å². The van der Waals surface area contributed by atoms with Gasteiger partial charge in [-0.1, -0.05) is 18.6 Å². The fraction of sp³-hybridized carbons (Fsp3) is 0.529. The van der Waals surface area contributed by atoms with Gasteiger partial charge >= 0.3 is 5.97 Å². The number of ether oxygens (including phenoxy) is 2. The molecule has 1 aromatic carbocycles. The van der Waals surface area contributed by atoms with Crippen LogP contribution in [0.3, 0.4) is 0 Å². The van der Waals surface area contributed by atoms with Crippen molar-refractivity contribution in [3.05, 3.63) is 24.3 Å². The monoisotopic (exact) mass is 303 g/mol. The van der Waals surface area contributed by atoms with Gasteiger partial charge in [0, 0.05) is 0 Å². The fourth-order valence-electron chi connectivity index (χ4n) is 3.59. The molecule has 1 aromatic rings. The van der Waals surface area contributed by atoms with Gasteiger partial charge in [-0.2, -0.15) is 0 Å². The lowest BCUT2D eigenvalue weighted by molar-refractivity contribution is -0.153. The smallest absolute Gasteiger partial charge is 0.307 e. The molecular weight excluding hydrogens is 282 g/mol. The van der Waals surface area contributed by atoms with Crippen LogP contribution in [-0.2, 0) is 14.3 Å². The molecule has 1 aliphatic carbocycles. The Morgan fingerprint density at radius 1 is 1.27 bits per heavy atom. The molecule has 1 unspecified atom stereocenters. The zero-order valence-electron chi connectivity index (χ0n) is 12.8. The lowest BCUT2D eigenvalue weighted by atomic mass is 9.75. The fourth-order valence-corrected chi connectivity index (χ4v) is 3.59.